The summed E-state index contributed by atoms with van der Waals surface area (Å²) in [6, 6.07) is 6.67. The zero-order valence-electron chi connectivity index (χ0n) is 23.4. The van der Waals surface area contributed by atoms with Crippen LogP contribution in [0, 0.1) is 0 Å². The third kappa shape index (κ3) is 9.55. The molecule has 0 unspecified atom stereocenters. The summed E-state index contributed by atoms with van der Waals surface area (Å²) in [7, 11) is 0. The molecule has 4 aromatic heterocycles. The van der Waals surface area contributed by atoms with E-state index in [1.807, 2.05) is 0 Å². The monoisotopic (exact) mass is 552 g/mol. The normalized spacial score (nSPS) is 11.1. The van der Waals surface area contributed by atoms with Crippen LogP contribution in [0.25, 0.3) is 11.0 Å². The molecule has 40 heavy (non-hydrogen) atoms. The Hall–Kier alpha value is -3.60. The summed E-state index contributed by atoms with van der Waals surface area (Å²) < 4.78 is 18.9. The number of esters is 1. The van der Waals surface area contributed by atoms with Crippen LogP contribution in [0.3, 0.4) is 0 Å². The summed E-state index contributed by atoms with van der Waals surface area (Å²) in [5, 5.41) is 36.2. The van der Waals surface area contributed by atoms with Crippen molar-refractivity contribution < 1.29 is 63.5 Å². The van der Waals surface area contributed by atoms with Gasteiger partial charge in [0.25, 0.3) is 0 Å². The average Bonchev–Trinajstić information content (AvgIpc) is 3.45. The molecule has 0 spiro atoms. The van der Waals surface area contributed by atoms with Gasteiger partial charge >= 0.3 is 30.8 Å². The van der Waals surface area contributed by atoms with Gasteiger partial charge in [0.05, 0.1) is 41.2 Å². The topological polar surface area (TPSA) is 187 Å². The summed E-state index contributed by atoms with van der Waals surface area (Å²) >= 11 is 0. The molecule has 4 heterocycles. The maximum Gasteiger partial charge on any atom is 1.00 e. The van der Waals surface area contributed by atoms with E-state index < -0.39 is 23.1 Å². The second-order valence-electron chi connectivity index (χ2n) is 9.73. The van der Waals surface area contributed by atoms with E-state index >= 15 is 0 Å². The SMILES string of the molecule is CC(C)(O)COc1ccn2ncc(C(=O)O)c2c1.CCOC(=O)c1cnn2ccc(OCC(C)(C)O)cc12.[Li+].[OH-]. The van der Waals surface area contributed by atoms with E-state index in [0.29, 0.717) is 34.7 Å². The number of aliphatic hydroxyl groups is 2. The van der Waals surface area contributed by atoms with Crippen LogP contribution in [-0.2, 0) is 4.74 Å². The van der Waals surface area contributed by atoms with Crippen LogP contribution in [0.15, 0.2) is 49.1 Å². The third-order valence-corrected chi connectivity index (χ3v) is 4.90. The van der Waals surface area contributed by atoms with Crippen molar-refractivity contribution in [3.63, 3.8) is 0 Å². The molecule has 0 saturated heterocycles. The number of rotatable bonds is 9. The zero-order valence-corrected chi connectivity index (χ0v) is 23.4. The number of ether oxygens (including phenoxy) is 3. The van der Waals surface area contributed by atoms with E-state index in [9.17, 15) is 19.8 Å². The number of carbonyl (C=O) groups is 2. The van der Waals surface area contributed by atoms with E-state index in [0.717, 1.165) is 0 Å². The number of nitrogens with zero attached hydrogens (tertiary/aromatic N) is 4. The molecule has 0 aliphatic heterocycles. The van der Waals surface area contributed by atoms with Crippen LogP contribution >= 0.6 is 0 Å². The molecule has 4 rings (SSSR count). The van der Waals surface area contributed by atoms with Gasteiger partial charge < -0.3 is 35.0 Å². The molecule has 0 saturated carbocycles. The maximum absolute atomic E-state index is 11.8. The number of carboxylic acid groups (broad SMARTS) is 1. The fourth-order valence-corrected chi connectivity index (χ4v) is 3.15. The molecular weight excluding hydrogens is 519 g/mol. The number of fused-ring (bicyclic) bond motifs is 2. The first-order valence-corrected chi connectivity index (χ1v) is 11.8. The molecule has 14 heteroatoms. The van der Waals surface area contributed by atoms with Gasteiger partial charge in [0.15, 0.2) is 0 Å². The van der Waals surface area contributed by atoms with E-state index in [2.05, 4.69) is 10.2 Å². The fourth-order valence-electron chi connectivity index (χ4n) is 3.15. The molecule has 0 radical (unpaired) electrons. The molecule has 0 atom stereocenters. The molecular formula is C26H33LiN4O9. The summed E-state index contributed by atoms with van der Waals surface area (Å²) in [5.74, 6) is -0.398. The Bertz CT molecular complexity index is 1420. The molecule has 13 nitrogen and oxygen atoms in total. The first-order valence-electron chi connectivity index (χ1n) is 11.8. The van der Waals surface area contributed by atoms with E-state index in [1.165, 1.54) is 16.9 Å². The molecule has 0 amide bonds. The summed E-state index contributed by atoms with van der Waals surface area (Å²) in [6.45, 7) is 8.93. The molecule has 212 valence electrons. The van der Waals surface area contributed by atoms with Crippen molar-refractivity contribution in [1.29, 1.82) is 0 Å². The first kappa shape index (κ1) is 34.4. The van der Waals surface area contributed by atoms with Crippen molar-refractivity contribution in [3.8, 4) is 11.5 Å². The zero-order chi connectivity index (χ0) is 28.1. The summed E-state index contributed by atoms with van der Waals surface area (Å²) in [5.41, 5.74) is -0.296. The Morgan fingerprint density at radius 1 is 0.850 bits per heavy atom. The minimum atomic E-state index is -1.04. The smallest absolute Gasteiger partial charge is 0.870 e. The van der Waals surface area contributed by atoms with Crippen LogP contribution < -0.4 is 28.3 Å². The second-order valence-corrected chi connectivity index (χ2v) is 9.73. The van der Waals surface area contributed by atoms with Gasteiger partial charge in [0, 0.05) is 24.5 Å². The number of hydrogen-bond donors (Lipinski definition) is 3. The van der Waals surface area contributed by atoms with Crippen molar-refractivity contribution in [1.82, 2.24) is 19.2 Å². The molecule has 0 aliphatic rings. The Labute approximate surface area is 242 Å². The quantitative estimate of drug-likeness (QED) is 0.182. The maximum atomic E-state index is 11.8. The Kier molecular flexibility index (Phi) is 12.2. The van der Waals surface area contributed by atoms with Crippen LogP contribution in [0.4, 0.5) is 0 Å². The van der Waals surface area contributed by atoms with E-state index in [1.54, 1.807) is 75.8 Å². The Morgan fingerprint density at radius 2 is 1.27 bits per heavy atom. The van der Waals surface area contributed by atoms with Crippen molar-refractivity contribution in [2.45, 2.75) is 45.8 Å². The Balaban J connectivity index is 0.000000383. The molecule has 4 aromatic rings. The van der Waals surface area contributed by atoms with Gasteiger partial charge in [-0.05, 0) is 46.8 Å². The predicted molar refractivity (Wildman–Crippen MR) is 139 cm³/mol. The minimum Gasteiger partial charge on any atom is -0.870 e. The van der Waals surface area contributed by atoms with Gasteiger partial charge in [-0.15, -0.1) is 0 Å². The summed E-state index contributed by atoms with van der Waals surface area (Å²) in [6.07, 6.45) is 6.06. The van der Waals surface area contributed by atoms with Gasteiger partial charge in [0.1, 0.15) is 35.8 Å². The largest absolute Gasteiger partial charge is 1.00 e. The Morgan fingerprint density at radius 3 is 1.68 bits per heavy atom. The van der Waals surface area contributed by atoms with E-state index in [-0.39, 0.29) is 43.1 Å². The van der Waals surface area contributed by atoms with Crippen molar-refractivity contribution in [2.24, 2.45) is 0 Å². The van der Waals surface area contributed by atoms with Gasteiger partial charge in [-0.2, -0.15) is 10.2 Å². The number of pyridine rings is 2. The van der Waals surface area contributed by atoms with Crippen LogP contribution in [0.2, 0.25) is 0 Å². The van der Waals surface area contributed by atoms with E-state index in [4.69, 9.17) is 19.3 Å². The number of aromatic nitrogens is 4. The average molecular weight is 553 g/mol. The van der Waals surface area contributed by atoms with Crippen molar-refractivity contribution in [2.75, 3.05) is 19.8 Å². The number of carboxylic acids is 1. The molecule has 0 bridgehead atoms. The molecule has 0 fully saturated rings. The van der Waals surface area contributed by atoms with Gasteiger partial charge in [0.2, 0.25) is 0 Å². The van der Waals surface area contributed by atoms with Gasteiger partial charge in [-0.25, -0.2) is 18.6 Å². The molecule has 4 N–H and O–H groups in total. The summed E-state index contributed by atoms with van der Waals surface area (Å²) in [4.78, 5) is 22.8. The first-order chi connectivity index (χ1) is 17.8. The minimum absolute atomic E-state index is 0. The third-order valence-electron chi connectivity index (χ3n) is 4.90. The fraction of sp³-hybridized carbons (Fsp3) is 0.385. The molecule has 0 aliphatic carbocycles. The molecule has 0 aromatic carbocycles. The number of aromatic carboxylic acids is 1. The van der Waals surface area contributed by atoms with Crippen molar-refractivity contribution in [3.05, 3.63) is 60.2 Å². The van der Waals surface area contributed by atoms with Crippen LogP contribution in [0.5, 0.6) is 11.5 Å². The van der Waals surface area contributed by atoms with Gasteiger partial charge in [-0.1, -0.05) is 0 Å². The van der Waals surface area contributed by atoms with Crippen LogP contribution in [0.1, 0.15) is 55.3 Å². The second kappa shape index (κ2) is 14.2. The standard InChI is InChI=1S/C14H18N2O4.C12H14N2O4.Li.H2O/c1-4-19-13(17)11-8-15-16-6-5-10(7-12(11)16)20-9-14(2,3)18;1-12(2,17)7-18-8-3-4-14-10(5-8)9(6-13-14)11(15)16;;/h5-8,18H,4,9H2,1-3H3;3-6,17H,7H2,1-2H3,(H,15,16);;1H2/q;;+1;/p-1. The number of carbonyl (C=O) groups excluding carboxylic acids is 1. The predicted octanol–water partition coefficient (Wildman–Crippen LogP) is -0.330. The van der Waals surface area contributed by atoms with Crippen molar-refractivity contribution >= 4 is 23.0 Å². The van der Waals surface area contributed by atoms with Crippen LogP contribution in [-0.4, -0.2) is 83.0 Å². The van der Waals surface area contributed by atoms with Gasteiger partial charge in [-0.3, -0.25) is 0 Å². The number of hydrogen-bond acceptors (Lipinski definition) is 10.